The lowest BCUT2D eigenvalue weighted by Crippen LogP contribution is -2.00. The molecule has 0 saturated heterocycles. The van der Waals surface area contributed by atoms with Gasteiger partial charge in [0.15, 0.2) is 0 Å². The average Bonchev–Trinajstić information content (AvgIpc) is 2.39. The lowest BCUT2D eigenvalue weighted by Gasteiger charge is -2.03. The summed E-state index contributed by atoms with van der Waals surface area (Å²) in [5, 5.41) is 0. The van der Waals surface area contributed by atoms with Crippen molar-refractivity contribution in [1.82, 2.24) is 0 Å². The lowest BCUT2D eigenvalue weighted by atomic mass is 10.2. The normalized spacial score (nSPS) is 9.94. The van der Waals surface area contributed by atoms with Crippen LogP contribution in [0.15, 0.2) is 64.4 Å². The van der Waals surface area contributed by atoms with Crippen molar-refractivity contribution < 1.29 is 9.53 Å². The van der Waals surface area contributed by atoms with Crippen LogP contribution in [-0.4, -0.2) is 13.1 Å². The van der Waals surface area contributed by atoms with Crippen LogP contribution in [0.5, 0.6) is 0 Å². The zero-order chi connectivity index (χ0) is 12.1. The molecule has 0 aromatic heterocycles. The van der Waals surface area contributed by atoms with Gasteiger partial charge in [0.25, 0.3) is 0 Å². The molecule has 2 rings (SSSR count). The third-order valence-electron chi connectivity index (χ3n) is 2.23. The predicted octanol–water partition coefficient (Wildman–Crippen LogP) is 3.62. The van der Waals surface area contributed by atoms with Gasteiger partial charge in [0.2, 0.25) is 0 Å². The molecular formula is C14H12O2S. The molecule has 0 radical (unpaired) electrons. The van der Waals surface area contributed by atoms with Gasteiger partial charge in [-0.05, 0) is 30.3 Å². The van der Waals surface area contributed by atoms with E-state index in [1.807, 2.05) is 48.5 Å². The van der Waals surface area contributed by atoms with Crippen molar-refractivity contribution >= 4 is 17.7 Å². The first kappa shape index (κ1) is 11.7. The van der Waals surface area contributed by atoms with Crippen molar-refractivity contribution in [2.75, 3.05) is 7.11 Å². The summed E-state index contributed by atoms with van der Waals surface area (Å²) in [7, 11) is 1.39. The van der Waals surface area contributed by atoms with Gasteiger partial charge in [-0.1, -0.05) is 36.0 Å². The fourth-order valence-electron chi connectivity index (χ4n) is 1.43. The molecule has 0 atom stereocenters. The summed E-state index contributed by atoms with van der Waals surface area (Å²) in [5.41, 5.74) is 0.577. The van der Waals surface area contributed by atoms with Crippen molar-refractivity contribution in [1.29, 1.82) is 0 Å². The van der Waals surface area contributed by atoms with Gasteiger partial charge >= 0.3 is 5.97 Å². The molecule has 0 bridgehead atoms. The lowest BCUT2D eigenvalue weighted by molar-refractivity contribution is 0.0600. The second-order valence-electron chi connectivity index (χ2n) is 3.43. The van der Waals surface area contributed by atoms with E-state index in [1.54, 1.807) is 17.8 Å². The van der Waals surface area contributed by atoms with Crippen molar-refractivity contribution in [3.05, 3.63) is 60.2 Å². The minimum absolute atomic E-state index is 0.305. The largest absolute Gasteiger partial charge is 0.465 e. The molecule has 0 amide bonds. The quantitative estimate of drug-likeness (QED) is 0.771. The second kappa shape index (κ2) is 5.55. The van der Waals surface area contributed by atoms with Crippen LogP contribution < -0.4 is 0 Å². The third kappa shape index (κ3) is 3.11. The van der Waals surface area contributed by atoms with E-state index in [9.17, 15) is 4.79 Å². The topological polar surface area (TPSA) is 26.3 Å². The molecule has 0 N–H and O–H groups in total. The van der Waals surface area contributed by atoms with Gasteiger partial charge in [-0.15, -0.1) is 0 Å². The molecule has 0 aliphatic rings. The summed E-state index contributed by atoms with van der Waals surface area (Å²) in [5.74, 6) is -0.305. The first-order valence-electron chi connectivity index (χ1n) is 5.21. The van der Waals surface area contributed by atoms with E-state index in [1.165, 1.54) is 7.11 Å². The van der Waals surface area contributed by atoms with Crippen molar-refractivity contribution in [2.24, 2.45) is 0 Å². The molecule has 86 valence electrons. The maximum atomic E-state index is 11.4. The van der Waals surface area contributed by atoms with Crippen molar-refractivity contribution in [2.45, 2.75) is 9.79 Å². The Hall–Kier alpha value is -1.74. The molecule has 0 fully saturated rings. The molecule has 0 unspecified atom stereocenters. The Morgan fingerprint density at radius 1 is 1.00 bits per heavy atom. The highest BCUT2D eigenvalue weighted by Crippen LogP contribution is 2.27. The van der Waals surface area contributed by atoms with Gasteiger partial charge in [-0.2, -0.15) is 0 Å². The van der Waals surface area contributed by atoms with Gasteiger partial charge in [0, 0.05) is 9.79 Å². The van der Waals surface area contributed by atoms with E-state index in [4.69, 9.17) is 4.74 Å². The molecule has 2 nitrogen and oxygen atoms in total. The number of esters is 1. The summed E-state index contributed by atoms with van der Waals surface area (Å²) in [6.07, 6.45) is 0. The van der Waals surface area contributed by atoms with Crippen LogP contribution in [0.2, 0.25) is 0 Å². The van der Waals surface area contributed by atoms with Crippen LogP contribution >= 0.6 is 11.8 Å². The highest BCUT2D eigenvalue weighted by atomic mass is 32.2. The van der Waals surface area contributed by atoms with Crippen LogP contribution in [0.3, 0.4) is 0 Å². The summed E-state index contributed by atoms with van der Waals surface area (Å²) >= 11 is 1.62. The third-order valence-corrected chi connectivity index (χ3v) is 3.23. The first-order chi connectivity index (χ1) is 8.29. The molecular weight excluding hydrogens is 232 g/mol. The van der Waals surface area contributed by atoms with E-state index in [0.29, 0.717) is 5.56 Å². The van der Waals surface area contributed by atoms with E-state index in [2.05, 4.69) is 0 Å². The standard InChI is InChI=1S/C14H12O2S/c1-16-14(15)11-6-5-9-13(10-11)17-12-7-3-2-4-8-12/h2-10H,1H3. The number of methoxy groups -OCH3 is 1. The van der Waals surface area contributed by atoms with E-state index >= 15 is 0 Å². The van der Waals surface area contributed by atoms with E-state index in [0.717, 1.165) is 9.79 Å². The van der Waals surface area contributed by atoms with Crippen molar-refractivity contribution in [3.63, 3.8) is 0 Å². The maximum Gasteiger partial charge on any atom is 0.337 e. The minimum Gasteiger partial charge on any atom is -0.465 e. The monoisotopic (exact) mass is 244 g/mol. The van der Waals surface area contributed by atoms with Gasteiger partial charge in [0.1, 0.15) is 0 Å². The number of carbonyl (C=O) groups excluding carboxylic acids is 1. The molecule has 0 aliphatic heterocycles. The van der Waals surface area contributed by atoms with Crippen LogP contribution in [-0.2, 0) is 4.74 Å². The summed E-state index contributed by atoms with van der Waals surface area (Å²) in [6.45, 7) is 0. The Morgan fingerprint density at radius 3 is 2.41 bits per heavy atom. The molecule has 0 aliphatic carbocycles. The smallest absolute Gasteiger partial charge is 0.337 e. The van der Waals surface area contributed by atoms with Crippen LogP contribution in [0, 0.1) is 0 Å². The number of ether oxygens (including phenoxy) is 1. The molecule has 17 heavy (non-hydrogen) atoms. The summed E-state index contributed by atoms with van der Waals surface area (Å²) < 4.78 is 4.69. The number of rotatable bonds is 3. The number of benzene rings is 2. The highest BCUT2D eigenvalue weighted by Gasteiger charge is 2.06. The minimum atomic E-state index is -0.305. The Bertz CT molecular complexity index is 509. The van der Waals surface area contributed by atoms with E-state index in [-0.39, 0.29) is 5.97 Å². The van der Waals surface area contributed by atoms with Crippen LogP contribution in [0.1, 0.15) is 10.4 Å². The second-order valence-corrected chi connectivity index (χ2v) is 4.58. The molecule has 0 spiro atoms. The van der Waals surface area contributed by atoms with Crippen LogP contribution in [0.25, 0.3) is 0 Å². The zero-order valence-electron chi connectivity index (χ0n) is 9.42. The highest BCUT2D eigenvalue weighted by molar-refractivity contribution is 7.99. The maximum absolute atomic E-state index is 11.4. The molecule has 2 aromatic carbocycles. The van der Waals surface area contributed by atoms with E-state index < -0.39 is 0 Å². The Morgan fingerprint density at radius 2 is 1.71 bits per heavy atom. The fraction of sp³-hybridized carbons (Fsp3) is 0.0714. The SMILES string of the molecule is COC(=O)c1cccc(Sc2ccccc2)c1. The van der Waals surface area contributed by atoms with Crippen LogP contribution in [0.4, 0.5) is 0 Å². The zero-order valence-corrected chi connectivity index (χ0v) is 10.2. The van der Waals surface area contributed by atoms with Gasteiger partial charge in [0.05, 0.1) is 12.7 Å². The number of carbonyl (C=O) groups is 1. The molecule has 0 heterocycles. The first-order valence-corrected chi connectivity index (χ1v) is 6.02. The van der Waals surface area contributed by atoms with Crippen molar-refractivity contribution in [3.8, 4) is 0 Å². The molecule has 0 saturated carbocycles. The van der Waals surface area contributed by atoms with Gasteiger partial charge < -0.3 is 4.74 Å². The molecule has 2 aromatic rings. The predicted molar refractivity (Wildman–Crippen MR) is 68.3 cm³/mol. The Balaban J connectivity index is 2.20. The fourth-order valence-corrected chi connectivity index (χ4v) is 2.33. The summed E-state index contributed by atoms with van der Waals surface area (Å²) in [4.78, 5) is 13.6. The average molecular weight is 244 g/mol. The molecule has 3 heteroatoms. The summed E-state index contributed by atoms with van der Waals surface area (Å²) in [6, 6.07) is 17.5. The number of hydrogen-bond acceptors (Lipinski definition) is 3. The Kier molecular flexibility index (Phi) is 3.83. The Labute approximate surface area is 105 Å². The van der Waals surface area contributed by atoms with Gasteiger partial charge in [-0.3, -0.25) is 0 Å². The number of hydrogen-bond donors (Lipinski definition) is 0. The van der Waals surface area contributed by atoms with Gasteiger partial charge in [-0.25, -0.2) is 4.79 Å².